The zero-order valence-corrected chi connectivity index (χ0v) is 20.7. The van der Waals surface area contributed by atoms with Crippen molar-refractivity contribution in [1.29, 1.82) is 0 Å². The maximum absolute atomic E-state index is 15.3. The predicted molar refractivity (Wildman–Crippen MR) is 140 cm³/mol. The monoisotopic (exact) mass is 501 g/mol. The summed E-state index contributed by atoms with van der Waals surface area (Å²) in [6, 6.07) is 16.8. The Kier molecular flexibility index (Phi) is 6.67. The van der Waals surface area contributed by atoms with Crippen LogP contribution in [0.25, 0.3) is 32.8 Å². The van der Waals surface area contributed by atoms with Crippen molar-refractivity contribution in [3.63, 3.8) is 0 Å². The van der Waals surface area contributed by atoms with Crippen LogP contribution in [-0.2, 0) is 26.5 Å². The van der Waals surface area contributed by atoms with E-state index in [2.05, 4.69) is 10.1 Å². The molecule has 3 aromatic carbocycles. The highest BCUT2D eigenvalue weighted by atomic mass is 19.1. The maximum atomic E-state index is 15.3. The Hall–Kier alpha value is -4.17. The van der Waals surface area contributed by atoms with Crippen molar-refractivity contribution < 1.29 is 24.1 Å². The first-order valence-electron chi connectivity index (χ1n) is 12.3. The van der Waals surface area contributed by atoms with Gasteiger partial charge in [-0.15, -0.1) is 0 Å². The number of carboxylic acid groups (broad SMARTS) is 1. The van der Waals surface area contributed by atoms with Crippen LogP contribution in [0, 0.1) is 5.82 Å². The second-order valence-corrected chi connectivity index (χ2v) is 8.96. The third-order valence-corrected chi connectivity index (χ3v) is 6.80. The average Bonchev–Trinajstić information content (AvgIpc) is 3.43. The van der Waals surface area contributed by atoms with Crippen molar-refractivity contribution in [1.82, 2.24) is 14.8 Å². The molecule has 0 bridgehead atoms. The summed E-state index contributed by atoms with van der Waals surface area (Å²) in [5.41, 5.74) is 2.85. The molecule has 0 aliphatic rings. The molecule has 8 heteroatoms. The number of benzene rings is 3. The van der Waals surface area contributed by atoms with Gasteiger partial charge in [-0.2, -0.15) is 5.10 Å². The van der Waals surface area contributed by atoms with E-state index in [1.165, 1.54) is 6.07 Å². The third-order valence-electron chi connectivity index (χ3n) is 6.80. The molecule has 190 valence electrons. The van der Waals surface area contributed by atoms with Crippen molar-refractivity contribution in [2.24, 2.45) is 7.05 Å². The van der Waals surface area contributed by atoms with Crippen LogP contribution in [0.4, 0.5) is 4.39 Å². The zero-order valence-electron chi connectivity index (χ0n) is 20.7. The largest absolute Gasteiger partial charge is 0.493 e. The fourth-order valence-electron chi connectivity index (χ4n) is 5.07. The number of ether oxygens (including phenoxy) is 1. The minimum atomic E-state index is -1.11. The lowest BCUT2D eigenvalue weighted by Gasteiger charge is -2.10. The van der Waals surface area contributed by atoms with Gasteiger partial charge in [0.05, 0.1) is 30.1 Å². The number of aromatic nitrogens is 3. The van der Waals surface area contributed by atoms with Gasteiger partial charge in [-0.3, -0.25) is 4.68 Å². The minimum Gasteiger partial charge on any atom is -0.493 e. The molecule has 7 nitrogen and oxygen atoms in total. The lowest BCUT2D eigenvalue weighted by Crippen LogP contribution is -2.04. The Labute approximate surface area is 213 Å². The molecule has 0 atom stereocenters. The number of aromatic amines is 1. The first-order chi connectivity index (χ1) is 17.9. The van der Waals surface area contributed by atoms with Crippen LogP contribution in [-0.4, -0.2) is 37.6 Å². The number of carboxylic acids is 1. The number of hydrogen-bond acceptors (Lipinski definition) is 4. The highest BCUT2D eigenvalue weighted by molar-refractivity contribution is 6.03. The van der Waals surface area contributed by atoms with E-state index in [0.29, 0.717) is 59.3 Å². The van der Waals surface area contributed by atoms with Gasteiger partial charge in [0, 0.05) is 28.9 Å². The first-order valence-corrected chi connectivity index (χ1v) is 12.3. The van der Waals surface area contributed by atoms with Gasteiger partial charge >= 0.3 is 5.97 Å². The van der Waals surface area contributed by atoms with Crippen molar-refractivity contribution in [2.45, 2.75) is 32.8 Å². The Morgan fingerprint density at radius 1 is 1.08 bits per heavy atom. The van der Waals surface area contributed by atoms with E-state index < -0.39 is 11.8 Å². The quantitative estimate of drug-likeness (QED) is 0.228. The molecule has 0 aliphatic heterocycles. The van der Waals surface area contributed by atoms with E-state index >= 15 is 4.39 Å². The molecule has 0 aliphatic carbocycles. The number of aromatic carboxylic acids is 1. The molecule has 3 N–H and O–H groups in total. The van der Waals surface area contributed by atoms with E-state index in [-0.39, 0.29) is 17.9 Å². The van der Waals surface area contributed by atoms with E-state index in [0.717, 1.165) is 16.5 Å². The smallest absolute Gasteiger partial charge is 0.352 e. The standard InChI is InChI=1S/C29H28FN3O4/c1-3-22-26(23(16-34)33(2)32-22)25-21(30)14-13-20-19(28(29(35)36)31-27(20)25)11-7-15-37-24-12-6-9-17-8-4-5-10-18(17)24/h4-6,8-10,12-14,31,34H,3,7,11,15-16H2,1-2H3,(H,35,36). The number of halogens is 1. The van der Waals surface area contributed by atoms with E-state index in [4.69, 9.17) is 4.74 Å². The normalized spacial score (nSPS) is 11.5. The summed E-state index contributed by atoms with van der Waals surface area (Å²) in [6.45, 7) is 1.98. The summed E-state index contributed by atoms with van der Waals surface area (Å²) >= 11 is 0. The van der Waals surface area contributed by atoms with Gasteiger partial charge in [0.15, 0.2) is 0 Å². The molecule has 2 heterocycles. The molecule has 0 spiro atoms. The number of hydrogen-bond donors (Lipinski definition) is 3. The van der Waals surface area contributed by atoms with Gasteiger partial charge in [0.25, 0.3) is 0 Å². The lowest BCUT2D eigenvalue weighted by molar-refractivity contribution is 0.0690. The molecule has 0 fully saturated rings. The van der Waals surface area contributed by atoms with Gasteiger partial charge in [-0.1, -0.05) is 43.3 Å². The fraction of sp³-hybridized carbons (Fsp3) is 0.241. The maximum Gasteiger partial charge on any atom is 0.352 e. The van der Waals surface area contributed by atoms with Crippen LogP contribution >= 0.6 is 0 Å². The number of aryl methyl sites for hydroxylation is 3. The van der Waals surface area contributed by atoms with Crippen molar-refractivity contribution in [3.8, 4) is 16.9 Å². The SMILES string of the molecule is CCc1nn(C)c(CO)c1-c1c(F)ccc2c(CCCOc3cccc4ccccc34)c(C(=O)O)[nH]c12. The van der Waals surface area contributed by atoms with Crippen molar-refractivity contribution >= 4 is 27.6 Å². The number of rotatable bonds is 9. The number of aliphatic hydroxyl groups is 1. The Morgan fingerprint density at radius 2 is 1.86 bits per heavy atom. The summed E-state index contributed by atoms with van der Waals surface area (Å²) < 4.78 is 22.9. The third kappa shape index (κ3) is 4.34. The molecule has 37 heavy (non-hydrogen) atoms. The Balaban J connectivity index is 1.50. The van der Waals surface area contributed by atoms with Crippen LogP contribution < -0.4 is 4.74 Å². The number of nitrogens with zero attached hydrogens (tertiary/aromatic N) is 2. The molecule has 0 radical (unpaired) electrons. The van der Waals surface area contributed by atoms with E-state index in [1.54, 1.807) is 17.8 Å². The number of H-pyrrole nitrogens is 1. The molecule has 0 unspecified atom stereocenters. The average molecular weight is 502 g/mol. The Bertz CT molecular complexity index is 1610. The predicted octanol–water partition coefficient (Wildman–Crippen LogP) is 5.63. The van der Waals surface area contributed by atoms with Crippen LogP contribution in [0.1, 0.15) is 40.8 Å². The highest BCUT2D eigenvalue weighted by Gasteiger charge is 2.26. The molecular formula is C29H28FN3O4. The van der Waals surface area contributed by atoms with E-state index in [9.17, 15) is 15.0 Å². The van der Waals surface area contributed by atoms with Gasteiger partial charge < -0.3 is 19.9 Å². The molecule has 0 saturated carbocycles. The summed E-state index contributed by atoms with van der Waals surface area (Å²) in [5.74, 6) is -0.842. The summed E-state index contributed by atoms with van der Waals surface area (Å²) in [7, 11) is 1.70. The van der Waals surface area contributed by atoms with Crippen LogP contribution in [0.2, 0.25) is 0 Å². The second kappa shape index (κ2) is 10.1. The molecule has 2 aromatic heterocycles. The number of carbonyl (C=O) groups is 1. The lowest BCUT2D eigenvalue weighted by atomic mass is 9.97. The molecular weight excluding hydrogens is 473 g/mol. The minimum absolute atomic E-state index is 0.0273. The topological polar surface area (TPSA) is 100 Å². The number of nitrogens with one attached hydrogen (secondary N) is 1. The van der Waals surface area contributed by atoms with Crippen molar-refractivity contribution in [3.05, 3.63) is 83.1 Å². The highest BCUT2D eigenvalue weighted by Crippen LogP contribution is 2.38. The number of fused-ring (bicyclic) bond motifs is 2. The summed E-state index contributed by atoms with van der Waals surface area (Å²) in [6.07, 6.45) is 1.53. The van der Waals surface area contributed by atoms with Crippen molar-refractivity contribution in [2.75, 3.05) is 6.61 Å². The van der Waals surface area contributed by atoms with Crippen LogP contribution in [0.3, 0.4) is 0 Å². The van der Waals surface area contributed by atoms with Crippen LogP contribution in [0.5, 0.6) is 5.75 Å². The summed E-state index contributed by atoms with van der Waals surface area (Å²) in [4.78, 5) is 15.1. The Morgan fingerprint density at radius 3 is 2.62 bits per heavy atom. The first kappa shape index (κ1) is 24.5. The van der Waals surface area contributed by atoms with Gasteiger partial charge in [-0.25, -0.2) is 9.18 Å². The summed E-state index contributed by atoms with van der Waals surface area (Å²) in [5, 5.41) is 27.1. The fourth-order valence-corrected chi connectivity index (χ4v) is 5.07. The molecule has 5 rings (SSSR count). The molecule has 5 aromatic rings. The number of aliphatic hydroxyl groups excluding tert-OH is 1. The van der Waals surface area contributed by atoms with Gasteiger partial charge in [0.1, 0.15) is 17.3 Å². The van der Waals surface area contributed by atoms with Crippen LogP contribution in [0.15, 0.2) is 54.6 Å². The second-order valence-electron chi connectivity index (χ2n) is 8.96. The van der Waals surface area contributed by atoms with E-state index in [1.807, 2.05) is 49.4 Å². The van der Waals surface area contributed by atoms with Gasteiger partial charge in [-0.05, 0) is 48.4 Å². The zero-order chi connectivity index (χ0) is 26.1. The molecule has 0 amide bonds. The molecule has 0 saturated heterocycles. The van der Waals surface area contributed by atoms with Gasteiger partial charge in [0.2, 0.25) is 0 Å².